The zero-order valence-corrected chi connectivity index (χ0v) is 12.4. The van der Waals surface area contributed by atoms with Crippen molar-refractivity contribution in [3.63, 3.8) is 0 Å². The number of carbonyl (C=O) groups is 1. The summed E-state index contributed by atoms with van der Waals surface area (Å²) in [4.78, 5) is 13.9. The zero-order valence-electron chi connectivity index (χ0n) is 11.6. The van der Waals surface area contributed by atoms with Gasteiger partial charge in [0.25, 0.3) is 0 Å². The molecule has 0 spiro atoms. The van der Waals surface area contributed by atoms with E-state index in [4.69, 9.17) is 22.7 Å². The number of nitrogens with one attached hydrogen (secondary N) is 1. The predicted molar refractivity (Wildman–Crippen MR) is 75.1 cm³/mol. The minimum Gasteiger partial charge on any atom is -0.444 e. The van der Waals surface area contributed by atoms with Crippen molar-refractivity contribution in [3.8, 4) is 0 Å². The molecule has 0 radical (unpaired) electrons. The number of hydrogen-bond acceptors (Lipinski definition) is 3. The van der Waals surface area contributed by atoms with Crippen LogP contribution in [-0.4, -0.2) is 33.9 Å². The summed E-state index contributed by atoms with van der Waals surface area (Å²) in [5, 5.41) is 3.21. The molecule has 6 heteroatoms. The highest BCUT2D eigenvalue weighted by atomic mass is 32.1. The van der Waals surface area contributed by atoms with Crippen molar-refractivity contribution in [3.05, 3.63) is 0 Å². The first-order valence-electron chi connectivity index (χ1n) is 6.22. The summed E-state index contributed by atoms with van der Waals surface area (Å²) in [6.45, 7) is 8.14. The van der Waals surface area contributed by atoms with E-state index in [9.17, 15) is 4.79 Å². The minimum absolute atomic E-state index is 0.202. The molecule has 5 nitrogen and oxygen atoms in total. The molecule has 1 heterocycles. The fourth-order valence-electron chi connectivity index (χ4n) is 2.13. The van der Waals surface area contributed by atoms with Gasteiger partial charge >= 0.3 is 6.09 Å². The van der Waals surface area contributed by atoms with Gasteiger partial charge in [0, 0.05) is 6.54 Å². The normalized spacial score (nSPS) is 24.6. The molecule has 1 aliphatic rings. The van der Waals surface area contributed by atoms with E-state index in [1.165, 1.54) is 0 Å². The second kappa shape index (κ2) is 5.30. The van der Waals surface area contributed by atoms with Crippen molar-refractivity contribution in [2.45, 2.75) is 58.2 Å². The molecule has 1 atom stereocenters. The van der Waals surface area contributed by atoms with Crippen LogP contribution in [0.4, 0.5) is 4.79 Å². The van der Waals surface area contributed by atoms with Crippen LogP contribution in [0.5, 0.6) is 0 Å². The Balaban J connectivity index is 2.82. The van der Waals surface area contributed by atoms with Crippen molar-refractivity contribution >= 4 is 23.4 Å². The summed E-state index contributed by atoms with van der Waals surface area (Å²) in [5.41, 5.74) is 4.49. The van der Waals surface area contributed by atoms with Gasteiger partial charge in [-0.25, -0.2) is 4.79 Å². The molecule has 0 bridgehead atoms. The van der Waals surface area contributed by atoms with Crippen LogP contribution in [0.25, 0.3) is 0 Å². The maximum atomic E-state index is 12.2. The van der Waals surface area contributed by atoms with Crippen LogP contribution in [0, 0.1) is 0 Å². The third-order valence-corrected chi connectivity index (χ3v) is 3.00. The maximum Gasteiger partial charge on any atom is 0.412 e. The highest BCUT2D eigenvalue weighted by molar-refractivity contribution is 7.80. The van der Waals surface area contributed by atoms with Crippen molar-refractivity contribution < 1.29 is 9.53 Å². The number of rotatable bonds is 1. The fourth-order valence-corrected chi connectivity index (χ4v) is 2.35. The molecular formula is C12H23N3O2S. The second-order valence-electron chi connectivity index (χ2n) is 5.85. The maximum absolute atomic E-state index is 12.2. The van der Waals surface area contributed by atoms with Crippen molar-refractivity contribution in [2.75, 3.05) is 6.54 Å². The Kier molecular flexibility index (Phi) is 4.42. The summed E-state index contributed by atoms with van der Waals surface area (Å²) in [7, 11) is 0. The number of likely N-dealkylation sites (tertiary alicyclic amines) is 1. The van der Waals surface area contributed by atoms with Crippen molar-refractivity contribution in [1.29, 1.82) is 0 Å². The first-order valence-corrected chi connectivity index (χ1v) is 6.63. The lowest BCUT2D eigenvalue weighted by Crippen LogP contribution is -2.63. The Morgan fingerprint density at radius 1 is 1.44 bits per heavy atom. The van der Waals surface area contributed by atoms with Crippen LogP contribution >= 0.6 is 12.2 Å². The number of nitrogens with zero attached hydrogens (tertiary/aromatic N) is 1. The molecule has 18 heavy (non-hydrogen) atoms. The lowest BCUT2D eigenvalue weighted by molar-refractivity contribution is -0.0150. The van der Waals surface area contributed by atoms with E-state index in [2.05, 4.69) is 5.32 Å². The Morgan fingerprint density at radius 2 is 2.06 bits per heavy atom. The average Bonchev–Trinajstić information content (AvgIpc) is 2.12. The van der Waals surface area contributed by atoms with Crippen LogP contribution in [-0.2, 0) is 4.74 Å². The van der Waals surface area contributed by atoms with Gasteiger partial charge in [-0.2, -0.15) is 0 Å². The summed E-state index contributed by atoms with van der Waals surface area (Å²) in [6, 6.07) is 0. The standard InChI is InChI=1S/C12H23N3O2S/c1-11(2,3)17-10(16)15-8-6-5-7-12(15,4)14-9(13)18/h5-8H2,1-4H3,(H3,13,14,18). The largest absolute Gasteiger partial charge is 0.444 e. The summed E-state index contributed by atoms with van der Waals surface area (Å²) < 4.78 is 5.42. The lowest BCUT2D eigenvalue weighted by atomic mass is 9.97. The van der Waals surface area contributed by atoms with Crippen molar-refractivity contribution in [1.82, 2.24) is 10.2 Å². The zero-order chi connectivity index (χ0) is 14.0. The molecule has 1 aliphatic heterocycles. The van der Waals surface area contributed by atoms with Gasteiger partial charge in [0.1, 0.15) is 11.3 Å². The monoisotopic (exact) mass is 273 g/mol. The molecule has 1 saturated heterocycles. The first-order chi connectivity index (χ1) is 8.14. The molecular weight excluding hydrogens is 250 g/mol. The molecule has 3 N–H and O–H groups in total. The minimum atomic E-state index is -0.549. The molecule has 1 unspecified atom stereocenters. The third-order valence-electron chi connectivity index (χ3n) is 2.90. The summed E-state index contributed by atoms with van der Waals surface area (Å²) in [5.74, 6) is 0. The number of piperidine rings is 1. The molecule has 1 amide bonds. The van der Waals surface area contributed by atoms with E-state index in [1.807, 2.05) is 27.7 Å². The lowest BCUT2D eigenvalue weighted by Gasteiger charge is -2.45. The van der Waals surface area contributed by atoms with Crippen LogP contribution in [0.2, 0.25) is 0 Å². The number of carbonyl (C=O) groups excluding carboxylic acids is 1. The summed E-state index contributed by atoms with van der Waals surface area (Å²) in [6.07, 6.45) is 2.48. The van der Waals surface area contributed by atoms with E-state index in [1.54, 1.807) is 4.90 Å². The third kappa shape index (κ3) is 4.01. The van der Waals surface area contributed by atoms with Crippen LogP contribution in [0.3, 0.4) is 0 Å². The van der Waals surface area contributed by atoms with E-state index < -0.39 is 11.3 Å². The van der Waals surface area contributed by atoms with Gasteiger partial charge in [0.05, 0.1) is 0 Å². The first kappa shape index (κ1) is 15.0. The smallest absolute Gasteiger partial charge is 0.412 e. The molecule has 0 saturated carbocycles. The van der Waals surface area contributed by atoms with Gasteiger partial charge in [0.2, 0.25) is 0 Å². The summed E-state index contributed by atoms with van der Waals surface area (Å²) >= 11 is 4.89. The average molecular weight is 273 g/mol. The Bertz CT molecular complexity index is 341. The molecule has 0 aromatic rings. The Hall–Kier alpha value is -1.04. The van der Waals surface area contributed by atoms with Gasteiger partial charge in [-0.15, -0.1) is 0 Å². The fraction of sp³-hybridized carbons (Fsp3) is 0.833. The second-order valence-corrected chi connectivity index (χ2v) is 6.29. The van der Waals surface area contributed by atoms with Gasteiger partial charge < -0.3 is 15.8 Å². The van der Waals surface area contributed by atoms with E-state index in [-0.39, 0.29) is 11.2 Å². The number of ether oxygens (including phenoxy) is 1. The van der Waals surface area contributed by atoms with Crippen LogP contribution in [0.1, 0.15) is 47.0 Å². The molecule has 0 aromatic carbocycles. The highest BCUT2D eigenvalue weighted by Crippen LogP contribution is 2.27. The molecule has 104 valence electrons. The number of hydrogen-bond donors (Lipinski definition) is 2. The Labute approximate surface area is 114 Å². The number of amides is 1. The van der Waals surface area contributed by atoms with E-state index >= 15 is 0 Å². The van der Waals surface area contributed by atoms with E-state index in [0.717, 1.165) is 19.3 Å². The van der Waals surface area contributed by atoms with Crippen molar-refractivity contribution in [2.24, 2.45) is 5.73 Å². The van der Waals surface area contributed by atoms with E-state index in [0.29, 0.717) is 6.54 Å². The molecule has 1 rings (SSSR count). The van der Waals surface area contributed by atoms with Gasteiger partial charge in [-0.1, -0.05) is 0 Å². The molecule has 0 aromatic heterocycles. The van der Waals surface area contributed by atoms with Gasteiger partial charge in [-0.3, -0.25) is 4.90 Å². The Morgan fingerprint density at radius 3 is 2.56 bits per heavy atom. The number of thiocarbonyl (C=S) groups is 1. The quantitative estimate of drug-likeness (QED) is 0.715. The van der Waals surface area contributed by atoms with Gasteiger partial charge in [-0.05, 0) is 59.2 Å². The van der Waals surface area contributed by atoms with Crippen LogP contribution < -0.4 is 11.1 Å². The molecule has 1 fully saturated rings. The highest BCUT2D eigenvalue weighted by Gasteiger charge is 2.39. The number of nitrogens with two attached hydrogens (primary N) is 1. The SMILES string of the molecule is CC(C)(C)OC(=O)N1CCCCC1(C)NC(N)=S. The molecule has 0 aliphatic carbocycles. The van der Waals surface area contributed by atoms with Gasteiger partial charge in [0.15, 0.2) is 5.11 Å². The topological polar surface area (TPSA) is 67.6 Å². The van der Waals surface area contributed by atoms with Crippen LogP contribution in [0.15, 0.2) is 0 Å². The predicted octanol–water partition coefficient (Wildman–Crippen LogP) is 1.96.